The van der Waals surface area contributed by atoms with Gasteiger partial charge in [0.2, 0.25) is 5.91 Å². The molecule has 0 aromatic carbocycles. The van der Waals surface area contributed by atoms with E-state index in [0.717, 1.165) is 25.9 Å². The van der Waals surface area contributed by atoms with Gasteiger partial charge in [-0.05, 0) is 19.1 Å². The highest BCUT2D eigenvalue weighted by Gasteiger charge is 2.16. The summed E-state index contributed by atoms with van der Waals surface area (Å²) in [6, 6.07) is 0.382. The second kappa shape index (κ2) is 6.30. The first-order valence-electron chi connectivity index (χ1n) is 5.25. The Balaban J connectivity index is 2.24. The van der Waals surface area contributed by atoms with Crippen molar-refractivity contribution in [2.75, 3.05) is 19.3 Å². The number of carbonyl (C=O) groups excluding carboxylic acids is 1. The molecule has 1 heterocycles. The van der Waals surface area contributed by atoms with Gasteiger partial charge in [0.1, 0.15) is 0 Å². The van der Waals surface area contributed by atoms with Crippen LogP contribution in [0, 0.1) is 0 Å². The molecule has 3 nitrogen and oxygen atoms in total. The zero-order valence-electron chi connectivity index (χ0n) is 9.01. The molecule has 0 bridgehead atoms. The molecule has 1 saturated heterocycles. The summed E-state index contributed by atoms with van der Waals surface area (Å²) in [6.45, 7) is 4.04. The minimum atomic E-state index is 0.191. The van der Waals surface area contributed by atoms with Crippen LogP contribution in [0.3, 0.4) is 0 Å². The van der Waals surface area contributed by atoms with E-state index in [4.69, 9.17) is 0 Å². The maximum Gasteiger partial charge on any atom is 0.221 e. The lowest BCUT2D eigenvalue weighted by molar-refractivity contribution is -0.121. The SMILES string of the molecule is CSC(C)CNC1CCCNC(=O)C1. The van der Waals surface area contributed by atoms with Crippen molar-refractivity contribution in [3.8, 4) is 0 Å². The molecule has 0 saturated carbocycles. The number of hydrogen-bond acceptors (Lipinski definition) is 3. The van der Waals surface area contributed by atoms with Crippen molar-refractivity contribution >= 4 is 17.7 Å². The lowest BCUT2D eigenvalue weighted by Gasteiger charge is -2.17. The van der Waals surface area contributed by atoms with Gasteiger partial charge in [-0.1, -0.05) is 6.92 Å². The van der Waals surface area contributed by atoms with Crippen molar-refractivity contribution in [2.24, 2.45) is 0 Å². The molecule has 1 rings (SSSR count). The van der Waals surface area contributed by atoms with Crippen molar-refractivity contribution < 1.29 is 4.79 Å². The first-order valence-corrected chi connectivity index (χ1v) is 6.54. The summed E-state index contributed by atoms with van der Waals surface area (Å²) < 4.78 is 0. The molecule has 1 fully saturated rings. The average Bonchev–Trinajstić information content (AvgIpc) is 2.39. The normalized spacial score (nSPS) is 25.3. The predicted octanol–water partition coefficient (Wildman–Crippen LogP) is 0.996. The Bertz CT molecular complexity index is 187. The van der Waals surface area contributed by atoms with Crippen LogP contribution >= 0.6 is 11.8 Å². The van der Waals surface area contributed by atoms with Gasteiger partial charge in [0.05, 0.1) is 0 Å². The van der Waals surface area contributed by atoms with E-state index in [2.05, 4.69) is 23.8 Å². The molecule has 0 aliphatic carbocycles. The van der Waals surface area contributed by atoms with Crippen LogP contribution in [0.4, 0.5) is 0 Å². The Morgan fingerprint density at radius 2 is 2.50 bits per heavy atom. The molecule has 1 aliphatic heterocycles. The average molecular weight is 216 g/mol. The lowest BCUT2D eigenvalue weighted by atomic mass is 10.1. The summed E-state index contributed by atoms with van der Waals surface area (Å²) in [7, 11) is 0. The predicted molar refractivity (Wildman–Crippen MR) is 61.6 cm³/mol. The first-order chi connectivity index (χ1) is 6.72. The molecule has 1 aliphatic rings. The fourth-order valence-corrected chi connectivity index (χ4v) is 1.83. The van der Waals surface area contributed by atoms with E-state index in [1.54, 1.807) is 0 Å². The summed E-state index contributed by atoms with van der Waals surface area (Å²) in [4.78, 5) is 11.3. The van der Waals surface area contributed by atoms with Gasteiger partial charge in [0.25, 0.3) is 0 Å². The van der Waals surface area contributed by atoms with Gasteiger partial charge >= 0.3 is 0 Å². The Morgan fingerprint density at radius 3 is 3.21 bits per heavy atom. The monoisotopic (exact) mass is 216 g/mol. The van der Waals surface area contributed by atoms with Gasteiger partial charge < -0.3 is 10.6 Å². The van der Waals surface area contributed by atoms with E-state index in [9.17, 15) is 4.79 Å². The van der Waals surface area contributed by atoms with Gasteiger partial charge in [-0.2, -0.15) is 11.8 Å². The number of thioether (sulfide) groups is 1. The third-order valence-corrected chi connectivity index (χ3v) is 3.55. The van der Waals surface area contributed by atoms with Gasteiger partial charge in [0, 0.05) is 30.8 Å². The molecule has 0 radical (unpaired) electrons. The lowest BCUT2D eigenvalue weighted by Crippen LogP contribution is -2.35. The number of nitrogens with one attached hydrogen (secondary N) is 2. The van der Waals surface area contributed by atoms with E-state index >= 15 is 0 Å². The van der Waals surface area contributed by atoms with Crippen molar-refractivity contribution in [3.63, 3.8) is 0 Å². The van der Waals surface area contributed by atoms with Crippen molar-refractivity contribution in [2.45, 2.75) is 37.5 Å². The third-order valence-electron chi connectivity index (χ3n) is 2.58. The van der Waals surface area contributed by atoms with Crippen LogP contribution in [0.5, 0.6) is 0 Å². The van der Waals surface area contributed by atoms with Crippen molar-refractivity contribution in [3.05, 3.63) is 0 Å². The third kappa shape index (κ3) is 4.33. The molecule has 2 atom stereocenters. The molecule has 4 heteroatoms. The van der Waals surface area contributed by atoms with E-state index < -0.39 is 0 Å². The molecular weight excluding hydrogens is 196 g/mol. The van der Waals surface area contributed by atoms with Gasteiger partial charge in [0.15, 0.2) is 0 Å². The highest BCUT2D eigenvalue weighted by atomic mass is 32.2. The molecule has 0 aromatic rings. The highest BCUT2D eigenvalue weighted by Crippen LogP contribution is 2.08. The molecule has 14 heavy (non-hydrogen) atoms. The molecule has 0 spiro atoms. The number of carbonyl (C=O) groups is 1. The fourth-order valence-electron chi connectivity index (χ4n) is 1.56. The van der Waals surface area contributed by atoms with Crippen LogP contribution in [-0.2, 0) is 4.79 Å². The molecule has 2 N–H and O–H groups in total. The molecule has 82 valence electrons. The van der Waals surface area contributed by atoms with E-state index in [-0.39, 0.29) is 5.91 Å². The number of amides is 1. The van der Waals surface area contributed by atoms with Gasteiger partial charge in [-0.15, -0.1) is 0 Å². The van der Waals surface area contributed by atoms with Crippen molar-refractivity contribution in [1.82, 2.24) is 10.6 Å². The van der Waals surface area contributed by atoms with Crippen LogP contribution < -0.4 is 10.6 Å². The second-order valence-electron chi connectivity index (χ2n) is 3.85. The smallest absolute Gasteiger partial charge is 0.221 e. The van der Waals surface area contributed by atoms with Crippen molar-refractivity contribution in [1.29, 1.82) is 0 Å². The Morgan fingerprint density at radius 1 is 1.71 bits per heavy atom. The molecule has 2 unspecified atom stereocenters. The minimum absolute atomic E-state index is 0.191. The topological polar surface area (TPSA) is 41.1 Å². The van der Waals surface area contributed by atoms with E-state index in [1.807, 2.05) is 11.8 Å². The van der Waals surface area contributed by atoms with E-state index in [1.165, 1.54) is 0 Å². The zero-order valence-corrected chi connectivity index (χ0v) is 9.82. The summed E-state index contributed by atoms with van der Waals surface area (Å²) >= 11 is 1.86. The van der Waals surface area contributed by atoms with Crippen LogP contribution in [0.1, 0.15) is 26.2 Å². The number of hydrogen-bond donors (Lipinski definition) is 2. The Kier molecular flexibility index (Phi) is 5.33. The van der Waals surface area contributed by atoms with Gasteiger partial charge in [-0.25, -0.2) is 0 Å². The molecule has 1 amide bonds. The van der Waals surface area contributed by atoms with Crippen LogP contribution in [0.2, 0.25) is 0 Å². The summed E-state index contributed by atoms with van der Waals surface area (Å²) in [6.07, 6.45) is 4.96. The Labute approximate surface area is 90.4 Å². The van der Waals surface area contributed by atoms with E-state index in [0.29, 0.717) is 17.7 Å². The van der Waals surface area contributed by atoms with Gasteiger partial charge in [-0.3, -0.25) is 4.79 Å². The van der Waals surface area contributed by atoms with Crippen LogP contribution in [0.25, 0.3) is 0 Å². The summed E-state index contributed by atoms with van der Waals surface area (Å²) in [5.74, 6) is 0.191. The maximum atomic E-state index is 11.3. The largest absolute Gasteiger partial charge is 0.356 e. The standard InChI is InChI=1S/C10H20N2OS/c1-8(14-2)7-12-9-4-3-5-11-10(13)6-9/h8-9,12H,3-7H2,1-2H3,(H,11,13). The first kappa shape index (κ1) is 11.9. The maximum absolute atomic E-state index is 11.3. The summed E-state index contributed by atoms with van der Waals surface area (Å²) in [5.41, 5.74) is 0. The molecule has 0 aromatic heterocycles. The fraction of sp³-hybridized carbons (Fsp3) is 0.900. The quantitative estimate of drug-likeness (QED) is 0.736. The zero-order chi connectivity index (χ0) is 10.4. The molecular formula is C10H20N2OS. The number of rotatable bonds is 4. The Hall–Kier alpha value is -0.220. The van der Waals surface area contributed by atoms with Crippen LogP contribution in [0.15, 0.2) is 0 Å². The minimum Gasteiger partial charge on any atom is -0.356 e. The highest BCUT2D eigenvalue weighted by molar-refractivity contribution is 7.99. The van der Waals surface area contributed by atoms with Crippen LogP contribution in [-0.4, -0.2) is 36.5 Å². The second-order valence-corrected chi connectivity index (χ2v) is 5.12. The summed E-state index contributed by atoms with van der Waals surface area (Å²) in [5, 5.41) is 6.98.